The standard InChI is InChI=1S/C20H20N2O4/c1-12-8-10-13(11-9-12)21(2)19(24)17-18(23)16-14(22(3)20(17)25)6-5-7-15(16)26-4/h5-11,23H,1-4H3. The van der Waals surface area contributed by atoms with E-state index in [9.17, 15) is 14.7 Å². The zero-order valence-electron chi connectivity index (χ0n) is 15.1. The molecule has 134 valence electrons. The highest BCUT2D eigenvalue weighted by atomic mass is 16.5. The first kappa shape index (κ1) is 17.5. The van der Waals surface area contributed by atoms with Crippen LogP contribution in [0.25, 0.3) is 10.9 Å². The van der Waals surface area contributed by atoms with E-state index in [0.29, 0.717) is 22.3 Å². The van der Waals surface area contributed by atoms with Crippen molar-refractivity contribution >= 4 is 22.5 Å². The Kier molecular flexibility index (Phi) is 4.42. The highest BCUT2D eigenvalue weighted by Crippen LogP contribution is 2.34. The van der Waals surface area contributed by atoms with Gasteiger partial charge in [0.1, 0.15) is 17.1 Å². The van der Waals surface area contributed by atoms with Crippen LogP contribution < -0.4 is 15.2 Å². The predicted octanol–water partition coefficient (Wildman–Crippen LogP) is 2.84. The number of hydrogen-bond acceptors (Lipinski definition) is 4. The molecule has 0 atom stereocenters. The second-order valence-electron chi connectivity index (χ2n) is 6.14. The van der Waals surface area contributed by atoms with Gasteiger partial charge in [0.05, 0.1) is 18.0 Å². The Morgan fingerprint density at radius 2 is 1.81 bits per heavy atom. The maximum atomic E-state index is 13.0. The number of amides is 1. The Morgan fingerprint density at radius 1 is 1.15 bits per heavy atom. The molecule has 0 fully saturated rings. The quantitative estimate of drug-likeness (QED) is 0.787. The molecule has 6 heteroatoms. The van der Waals surface area contributed by atoms with Crippen LogP contribution >= 0.6 is 0 Å². The highest BCUT2D eigenvalue weighted by Gasteiger charge is 2.26. The summed E-state index contributed by atoms with van der Waals surface area (Å²) in [5.74, 6) is -0.563. The summed E-state index contributed by atoms with van der Waals surface area (Å²) < 4.78 is 6.64. The second-order valence-corrected chi connectivity index (χ2v) is 6.14. The molecule has 1 heterocycles. The first-order chi connectivity index (χ1) is 12.4. The molecule has 0 saturated heterocycles. The third-order valence-corrected chi connectivity index (χ3v) is 4.52. The van der Waals surface area contributed by atoms with Crippen LogP contribution in [0, 0.1) is 6.92 Å². The summed E-state index contributed by atoms with van der Waals surface area (Å²) in [5, 5.41) is 11.1. The van der Waals surface area contributed by atoms with Gasteiger partial charge in [-0.1, -0.05) is 23.8 Å². The predicted molar refractivity (Wildman–Crippen MR) is 101 cm³/mol. The molecule has 0 aliphatic carbocycles. The zero-order valence-corrected chi connectivity index (χ0v) is 15.1. The van der Waals surface area contributed by atoms with Gasteiger partial charge in [-0.15, -0.1) is 0 Å². The van der Waals surface area contributed by atoms with E-state index in [0.717, 1.165) is 5.56 Å². The average molecular weight is 352 g/mol. The minimum absolute atomic E-state index is 0.285. The highest BCUT2D eigenvalue weighted by molar-refractivity contribution is 6.11. The number of fused-ring (bicyclic) bond motifs is 1. The molecule has 6 nitrogen and oxygen atoms in total. The summed E-state index contributed by atoms with van der Waals surface area (Å²) >= 11 is 0. The van der Waals surface area contributed by atoms with Crippen LogP contribution in [-0.4, -0.2) is 29.7 Å². The van der Waals surface area contributed by atoms with Gasteiger partial charge in [0.15, 0.2) is 0 Å². The van der Waals surface area contributed by atoms with Gasteiger partial charge in [-0.25, -0.2) is 0 Å². The molecule has 0 saturated carbocycles. The minimum atomic E-state index is -0.584. The number of methoxy groups -OCH3 is 1. The topological polar surface area (TPSA) is 71.8 Å². The van der Waals surface area contributed by atoms with Crippen LogP contribution in [0.15, 0.2) is 47.3 Å². The molecule has 3 rings (SSSR count). The summed E-state index contributed by atoms with van der Waals surface area (Å²) in [6.45, 7) is 1.95. The van der Waals surface area contributed by atoms with E-state index < -0.39 is 11.5 Å². The lowest BCUT2D eigenvalue weighted by molar-refractivity contribution is 0.0988. The van der Waals surface area contributed by atoms with Crippen LogP contribution in [0.3, 0.4) is 0 Å². The maximum Gasteiger partial charge on any atom is 0.267 e. The van der Waals surface area contributed by atoms with E-state index in [2.05, 4.69) is 0 Å². The summed E-state index contributed by atoms with van der Waals surface area (Å²) in [4.78, 5) is 27.1. The van der Waals surface area contributed by atoms with Crippen LogP contribution in [0.2, 0.25) is 0 Å². The summed E-state index contributed by atoms with van der Waals surface area (Å²) in [6, 6.07) is 12.4. The molecule has 3 aromatic rings. The smallest absolute Gasteiger partial charge is 0.267 e. The van der Waals surface area contributed by atoms with Gasteiger partial charge in [-0.05, 0) is 31.2 Å². The van der Waals surface area contributed by atoms with Gasteiger partial charge in [0.25, 0.3) is 11.5 Å². The SMILES string of the molecule is COc1cccc2c1c(O)c(C(=O)N(C)c1ccc(C)cc1)c(=O)n2C. The summed E-state index contributed by atoms with van der Waals surface area (Å²) in [5.41, 5.74) is 1.33. The number of ether oxygens (including phenoxy) is 1. The molecule has 2 aromatic carbocycles. The van der Waals surface area contributed by atoms with Gasteiger partial charge in [0, 0.05) is 19.8 Å². The Labute approximate surface area is 150 Å². The van der Waals surface area contributed by atoms with Gasteiger partial charge in [-0.3, -0.25) is 9.59 Å². The average Bonchev–Trinajstić information content (AvgIpc) is 2.65. The van der Waals surface area contributed by atoms with Crippen molar-refractivity contribution in [2.75, 3.05) is 19.1 Å². The number of anilines is 1. The molecule has 1 amide bonds. The molecule has 26 heavy (non-hydrogen) atoms. The van der Waals surface area contributed by atoms with E-state index in [1.165, 1.54) is 16.6 Å². The van der Waals surface area contributed by atoms with E-state index in [-0.39, 0.29) is 11.3 Å². The number of hydrogen-bond donors (Lipinski definition) is 1. The van der Waals surface area contributed by atoms with Crippen LogP contribution in [0.5, 0.6) is 11.5 Å². The fraction of sp³-hybridized carbons (Fsp3) is 0.200. The summed E-state index contributed by atoms with van der Waals surface area (Å²) in [6.07, 6.45) is 0. The molecule has 1 aromatic heterocycles. The number of aromatic nitrogens is 1. The second kappa shape index (κ2) is 6.55. The summed E-state index contributed by atoms with van der Waals surface area (Å²) in [7, 11) is 4.60. The van der Waals surface area contributed by atoms with E-state index in [1.807, 2.05) is 19.1 Å². The lowest BCUT2D eigenvalue weighted by Gasteiger charge is -2.20. The van der Waals surface area contributed by atoms with E-state index in [1.54, 1.807) is 44.4 Å². The van der Waals surface area contributed by atoms with Crippen molar-refractivity contribution < 1.29 is 14.6 Å². The first-order valence-corrected chi connectivity index (χ1v) is 8.10. The maximum absolute atomic E-state index is 13.0. The van der Waals surface area contributed by atoms with Crippen molar-refractivity contribution in [3.05, 3.63) is 63.9 Å². The fourth-order valence-corrected chi connectivity index (χ4v) is 2.96. The van der Waals surface area contributed by atoms with Crippen molar-refractivity contribution in [3.63, 3.8) is 0 Å². The Hall–Kier alpha value is -3.28. The van der Waals surface area contributed by atoms with Gasteiger partial charge < -0.3 is 19.3 Å². The van der Waals surface area contributed by atoms with Crippen molar-refractivity contribution in [3.8, 4) is 11.5 Å². The van der Waals surface area contributed by atoms with Crippen molar-refractivity contribution in [1.29, 1.82) is 0 Å². The molecule has 0 unspecified atom stereocenters. The molecule has 0 bridgehead atoms. The van der Waals surface area contributed by atoms with E-state index >= 15 is 0 Å². The molecular weight excluding hydrogens is 332 g/mol. The van der Waals surface area contributed by atoms with Crippen LogP contribution in [0.1, 0.15) is 15.9 Å². The number of pyridine rings is 1. The molecule has 0 aliphatic rings. The Morgan fingerprint density at radius 3 is 2.42 bits per heavy atom. The van der Waals surface area contributed by atoms with Gasteiger partial charge >= 0.3 is 0 Å². The Balaban J connectivity index is 2.23. The number of aromatic hydroxyl groups is 1. The monoisotopic (exact) mass is 352 g/mol. The van der Waals surface area contributed by atoms with Crippen molar-refractivity contribution in [2.24, 2.45) is 7.05 Å². The third kappa shape index (κ3) is 2.69. The van der Waals surface area contributed by atoms with Crippen molar-refractivity contribution in [1.82, 2.24) is 4.57 Å². The van der Waals surface area contributed by atoms with Crippen molar-refractivity contribution in [2.45, 2.75) is 6.92 Å². The third-order valence-electron chi connectivity index (χ3n) is 4.52. The van der Waals surface area contributed by atoms with E-state index in [4.69, 9.17) is 4.74 Å². The minimum Gasteiger partial charge on any atom is -0.506 e. The fourth-order valence-electron chi connectivity index (χ4n) is 2.96. The molecule has 0 aliphatic heterocycles. The first-order valence-electron chi connectivity index (χ1n) is 8.10. The lowest BCUT2D eigenvalue weighted by Crippen LogP contribution is -2.34. The number of carbonyl (C=O) groups is 1. The van der Waals surface area contributed by atoms with Gasteiger partial charge in [0.2, 0.25) is 0 Å². The number of benzene rings is 2. The lowest BCUT2D eigenvalue weighted by atomic mass is 10.1. The number of carbonyl (C=O) groups excluding carboxylic acids is 1. The van der Waals surface area contributed by atoms with Crippen LogP contribution in [-0.2, 0) is 7.05 Å². The van der Waals surface area contributed by atoms with Crippen LogP contribution in [0.4, 0.5) is 5.69 Å². The molecular formula is C20H20N2O4. The zero-order chi connectivity index (χ0) is 19.0. The van der Waals surface area contributed by atoms with Gasteiger partial charge in [-0.2, -0.15) is 0 Å². The normalized spacial score (nSPS) is 10.8. The molecule has 0 spiro atoms. The Bertz CT molecular complexity index is 1050. The largest absolute Gasteiger partial charge is 0.506 e. The molecule has 0 radical (unpaired) electrons. The number of rotatable bonds is 3. The number of nitrogens with zero attached hydrogens (tertiary/aromatic N) is 2. The molecule has 1 N–H and O–H groups in total. The number of aryl methyl sites for hydroxylation is 2.